The molecule has 0 heterocycles. The van der Waals surface area contributed by atoms with Crippen molar-refractivity contribution in [2.45, 2.75) is 51.1 Å². The van der Waals surface area contributed by atoms with Crippen LogP contribution in [0, 0.1) is 5.82 Å². The van der Waals surface area contributed by atoms with Crippen LogP contribution in [0.25, 0.3) is 0 Å². The van der Waals surface area contributed by atoms with Crippen LogP contribution < -0.4 is 10.6 Å². The number of hydrogen-bond acceptors (Lipinski definition) is 2. The maximum absolute atomic E-state index is 12.7. The first kappa shape index (κ1) is 15.0. The number of benzene rings is 1. The topological polar surface area (TPSA) is 41.1 Å². The van der Waals surface area contributed by atoms with Crippen molar-refractivity contribution in [3.8, 4) is 0 Å². The molecule has 0 radical (unpaired) electrons. The van der Waals surface area contributed by atoms with E-state index in [1.165, 1.54) is 31.4 Å². The maximum Gasteiger partial charge on any atom is 0.221 e. The van der Waals surface area contributed by atoms with Gasteiger partial charge in [0.1, 0.15) is 5.82 Å². The molecule has 0 atom stereocenters. The van der Waals surface area contributed by atoms with E-state index < -0.39 is 0 Å². The van der Waals surface area contributed by atoms with Crippen molar-refractivity contribution in [1.29, 1.82) is 0 Å². The minimum Gasteiger partial charge on any atom is -0.353 e. The zero-order valence-electron chi connectivity index (χ0n) is 11.8. The van der Waals surface area contributed by atoms with E-state index in [4.69, 9.17) is 0 Å². The van der Waals surface area contributed by atoms with E-state index >= 15 is 0 Å². The van der Waals surface area contributed by atoms with Crippen LogP contribution in [0.4, 0.5) is 4.39 Å². The van der Waals surface area contributed by atoms with Gasteiger partial charge in [-0.1, -0.05) is 31.4 Å². The van der Waals surface area contributed by atoms with E-state index in [1.54, 1.807) is 12.1 Å². The van der Waals surface area contributed by atoms with Gasteiger partial charge in [-0.05, 0) is 30.5 Å². The van der Waals surface area contributed by atoms with E-state index in [-0.39, 0.29) is 11.7 Å². The van der Waals surface area contributed by atoms with Crippen molar-refractivity contribution in [2.75, 3.05) is 6.54 Å². The molecule has 0 aromatic heterocycles. The van der Waals surface area contributed by atoms with Crippen molar-refractivity contribution < 1.29 is 9.18 Å². The molecule has 1 aliphatic rings. The SMILES string of the molecule is O=C(CCNCc1ccc(F)cc1)NC1CCCCC1. The molecule has 1 amide bonds. The van der Waals surface area contributed by atoms with Crippen molar-refractivity contribution in [1.82, 2.24) is 10.6 Å². The van der Waals surface area contributed by atoms with Gasteiger partial charge in [0, 0.05) is 25.6 Å². The van der Waals surface area contributed by atoms with Gasteiger partial charge < -0.3 is 10.6 Å². The predicted octanol–water partition coefficient (Wildman–Crippen LogP) is 2.75. The molecule has 0 spiro atoms. The molecular formula is C16H23FN2O. The van der Waals surface area contributed by atoms with Crippen LogP contribution in [0.2, 0.25) is 0 Å². The fourth-order valence-corrected chi connectivity index (χ4v) is 2.58. The summed E-state index contributed by atoms with van der Waals surface area (Å²) in [5.41, 5.74) is 1.03. The van der Waals surface area contributed by atoms with Crippen molar-refractivity contribution in [3.05, 3.63) is 35.6 Å². The molecule has 110 valence electrons. The summed E-state index contributed by atoms with van der Waals surface area (Å²) in [6.07, 6.45) is 6.49. The molecule has 1 saturated carbocycles. The minimum absolute atomic E-state index is 0.128. The van der Waals surface area contributed by atoms with Crippen LogP contribution in [-0.4, -0.2) is 18.5 Å². The normalized spacial score (nSPS) is 16.1. The summed E-state index contributed by atoms with van der Waals surface area (Å²) in [6, 6.07) is 6.79. The zero-order chi connectivity index (χ0) is 14.2. The Morgan fingerprint density at radius 1 is 1.15 bits per heavy atom. The number of halogens is 1. The maximum atomic E-state index is 12.7. The third kappa shape index (κ3) is 5.29. The molecule has 2 rings (SSSR count). The second-order valence-electron chi connectivity index (χ2n) is 5.46. The standard InChI is InChI=1S/C16H23FN2O/c17-14-8-6-13(7-9-14)12-18-11-10-16(20)19-15-4-2-1-3-5-15/h6-9,15,18H,1-5,10-12H2,(H,19,20). The summed E-state index contributed by atoms with van der Waals surface area (Å²) >= 11 is 0. The number of rotatable bonds is 6. The molecule has 4 heteroatoms. The zero-order valence-corrected chi connectivity index (χ0v) is 11.8. The Balaban J connectivity index is 1.58. The minimum atomic E-state index is -0.222. The molecule has 0 bridgehead atoms. The first-order chi connectivity index (χ1) is 9.74. The Labute approximate surface area is 120 Å². The summed E-state index contributed by atoms with van der Waals surface area (Å²) in [7, 11) is 0. The highest BCUT2D eigenvalue weighted by Crippen LogP contribution is 2.17. The van der Waals surface area contributed by atoms with Crippen molar-refractivity contribution >= 4 is 5.91 Å². The average Bonchev–Trinajstić information content (AvgIpc) is 2.46. The molecule has 2 N–H and O–H groups in total. The monoisotopic (exact) mass is 278 g/mol. The highest BCUT2D eigenvalue weighted by Gasteiger charge is 2.14. The molecule has 0 aliphatic heterocycles. The number of carbonyl (C=O) groups is 1. The molecular weight excluding hydrogens is 255 g/mol. The Bertz CT molecular complexity index is 413. The van der Waals surface area contributed by atoms with Gasteiger partial charge in [0.25, 0.3) is 0 Å². The average molecular weight is 278 g/mol. The van der Waals surface area contributed by atoms with E-state index in [9.17, 15) is 9.18 Å². The molecule has 0 unspecified atom stereocenters. The van der Waals surface area contributed by atoms with E-state index in [2.05, 4.69) is 10.6 Å². The first-order valence-electron chi connectivity index (χ1n) is 7.48. The molecule has 20 heavy (non-hydrogen) atoms. The lowest BCUT2D eigenvalue weighted by molar-refractivity contribution is -0.121. The van der Waals surface area contributed by atoms with Gasteiger partial charge in [-0.25, -0.2) is 4.39 Å². The van der Waals surface area contributed by atoms with E-state index in [1.807, 2.05) is 0 Å². The van der Waals surface area contributed by atoms with Crippen LogP contribution in [0.1, 0.15) is 44.1 Å². The predicted molar refractivity (Wildman–Crippen MR) is 77.7 cm³/mol. The number of carbonyl (C=O) groups excluding carboxylic acids is 1. The van der Waals surface area contributed by atoms with Gasteiger partial charge >= 0.3 is 0 Å². The number of nitrogens with one attached hydrogen (secondary N) is 2. The quantitative estimate of drug-likeness (QED) is 0.786. The van der Waals surface area contributed by atoms with Gasteiger partial charge in [0.15, 0.2) is 0 Å². The summed E-state index contributed by atoms with van der Waals surface area (Å²) < 4.78 is 12.7. The third-order valence-corrected chi connectivity index (χ3v) is 3.74. The van der Waals surface area contributed by atoms with Crippen LogP contribution in [-0.2, 0) is 11.3 Å². The Morgan fingerprint density at radius 2 is 1.85 bits per heavy atom. The van der Waals surface area contributed by atoms with Crippen molar-refractivity contribution in [2.24, 2.45) is 0 Å². The largest absolute Gasteiger partial charge is 0.353 e. The van der Waals surface area contributed by atoms with Gasteiger partial charge in [-0.3, -0.25) is 4.79 Å². The van der Waals surface area contributed by atoms with Crippen LogP contribution in [0.3, 0.4) is 0 Å². The van der Waals surface area contributed by atoms with Crippen LogP contribution in [0.5, 0.6) is 0 Å². The Kier molecular flexibility index (Phi) is 5.99. The number of hydrogen-bond donors (Lipinski definition) is 2. The highest BCUT2D eigenvalue weighted by atomic mass is 19.1. The highest BCUT2D eigenvalue weighted by molar-refractivity contribution is 5.76. The lowest BCUT2D eigenvalue weighted by atomic mass is 9.95. The molecule has 3 nitrogen and oxygen atoms in total. The molecule has 1 aromatic carbocycles. The van der Waals surface area contributed by atoms with Gasteiger partial charge in [0.05, 0.1) is 0 Å². The third-order valence-electron chi connectivity index (χ3n) is 3.74. The first-order valence-corrected chi connectivity index (χ1v) is 7.48. The summed E-state index contributed by atoms with van der Waals surface area (Å²) in [4.78, 5) is 11.8. The molecule has 1 fully saturated rings. The van der Waals surface area contributed by atoms with Gasteiger partial charge in [-0.15, -0.1) is 0 Å². The van der Waals surface area contributed by atoms with Crippen LogP contribution in [0.15, 0.2) is 24.3 Å². The lowest BCUT2D eigenvalue weighted by Crippen LogP contribution is -2.37. The summed E-state index contributed by atoms with van der Waals surface area (Å²) in [5, 5.41) is 6.30. The second kappa shape index (κ2) is 8.00. The van der Waals surface area contributed by atoms with Crippen molar-refractivity contribution in [3.63, 3.8) is 0 Å². The van der Waals surface area contributed by atoms with Gasteiger partial charge in [-0.2, -0.15) is 0 Å². The van der Waals surface area contributed by atoms with Gasteiger partial charge in [0.2, 0.25) is 5.91 Å². The fraction of sp³-hybridized carbons (Fsp3) is 0.562. The fourth-order valence-electron chi connectivity index (χ4n) is 2.58. The smallest absolute Gasteiger partial charge is 0.221 e. The Hall–Kier alpha value is -1.42. The molecule has 0 saturated heterocycles. The summed E-state index contributed by atoms with van der Waals surface area (Å²) in [5.74, 6) is -0.0934. The Morgan fingerprint density at radius 3 is 2.55 bits per heavy atom. The summed E-state index contributed by atoms with van der Waals surface area (Å²) in [6.45, 7) is 1.31. The molecule has 1 aromatic rings. The molecule has 1 aliphatic carbocycles. The van der Waals surface area contributed by atoms with E-state index in [0.29, 0.717) is 25.6 Å². The van der Waals surface area contributed by atoms with Crippen LogP contribution >= 0.6 is 0 Å². The number of amides is 1. The second-order valence-corrected chi connectivity index (χ2v) is 5.46. The van der Waals surface area contributed by atoms with E-state index in [0.717, 1.165) is 18.4 Å². The lowest BCUT2D eigenvalue weighted by Gasteiger charge is -2.22.